The van der Waals surface area contributed by atoms with Gasteiger partial charge in [0.15, 0.2) is 5.58 Å². The molecule has 0 bridgehead atoms. The van der Waals surface area contributed by atoms with E-state index in [-0.39, 0.29) is 0 Å². The third kappa shape index (κ3) is 3.46. The molecule has 4 aromatic rings. The Labute approximate surface area is 155 Å². The lowest BCUT2D eigenvalue weighted by Crippen LogP contribution is -1.82. The van der Waals surface area contributed by atoms with Crippen LogP contribution in [0.25, 0.3) is 22.6 Å². The highest BCUT2D eigenvalue weighted by atomic mass is 35.5. The number of rotatable bonds is 4. The monoisotopic (exact) mass is 362 g/mol. The van der Waals surface area contributed by atoms with Gasteiger partial charge in [0.2, 0.25) is 5.89 Å². The average Bonchev–Trinajstić information content (AvgIpc) is 3.11. The minimum absolute atomic E-state index is 0.571. The number of hydrogen-bond acceptors (Lipinski definition) is 4. The molecule has 0 aliphatic carbocycles. The Bertz CT molecular complexity index is 1070. The molecule has 0 amide bonds. The number of aliphatic imine (C=N–C) groups is 1. The van der Waals surface area contributed by atoms with Crippen LogP contribution in [0.1, 0.15) is 5.56 Å². The lowest BCUT2D eigenvalue weighted by Gasteiger charge is -1.99. The summed E-state index contributed by atoms with van der Waals surface area (Å²) in [5.74, 6) is 1.37. The molecule has 0 fully saturated rings. The van der Waals surface area contributed by atoms with Crippen molar-refractivity contribution in [1.29, 1.82) is 0 Å². The maximum atomic E-state index is 5.89. The van der Waals surface area contributed by atoms with E-state index < -0.39 is 0 Å². The van der Waals surface area contributed by atoms with Gasteiger partial charge in [-0.2, -0.15) is 0 Å². The first-order valence-corrected chi connectivity index (χ1v) is 8.44. The second-order valence-corrected chi connectivity index (χ2v) is 6.15. The number of oxazole rings is 1. The molecular weight excluding hydrogens is 348 g/mol. The number of halogens is 1. The largest absolute Gasteiger partial charge is 0.497 e. The third-order valence-corrected chi connectivity index (χ3v) is 4.19. The quantitative estimate of drug-likeness (QED) is 0.424. The Morgan fingerprint density at radius 2 is 1.77 bits per heavy atom. The number of fused-ring (bicyclic) bond motifs is 1. The van der Waals surface area contributed by atoms with E-state index in [4.69, 9.17) is 20.8 Å². The van der Waals surface area contributed by atoms with Gasteiger partial charge in [-0.1, -0.05) is 23.7 Å². The van der Waals surface area contributed by atoms with E-state index in [0.29, 0.717) is 10.9 Å². The molecule has 5 heteroatoms. The molecule has 128 valence electrons. The second-order valence-electron chi connectivity index (χ2n) is 5.71. The maximum absolute atomic E-state index is 5.89. The van der Waals surface area contributed by atoms with E-state index in [1.54, 1.807) is 13.3 Å². The molecule has 1 aromatic heterocycles. The van der Waals surface area contributed by atoms with Gasteiger partial charge in [-0.3, -0.25) is 4.99 Å². The highest BCUT2D eigenvalue weighted by molar-refractivity contribution is 6.30. The highest BCUT2D eigenvalue weighted by Gasteiger charge is 2.09. The molecule has 0 saturated carbocycles. The van der Waals surface area contributed by atoms with Gasteiger partial charge in [0.1, 0.15) is 11.3 Å². The lowest BCUT2D eigenvalue weighted by molar-refractivity contribution is 0.415. The summed E-state index contributed by atoms with van der Waals surface area (Å²) >= 11 is 5.89. The van der Waals surface area contributed by atoms with Gasteiger partial charge >= 0.3 is 0 Å². The van der Waals surface area contributed by atoms with Crippen molar-refractivity contribution in [3.63, 3.8) is 0 Å². The van der Waals surface area contributed by atoms with Crippen molar-refractivity contribution < 1.29 is 9.15 Å². The Kier molecular flexibility index (Phi) is 4.42. The highest BCUT2D eigenvalue weighted by Crippen LogP contribution is 2.28. The smallest absolute Gasteiger partial charge is 0.227 e. The van der Waals surface area contributed by atoms with Gasteiger partial charge in [0.25, 0.3) is 0 Å². The molecule has 0 aliphatic rings. The molecule has 0 spiro atoms. The fourth-order valence-electron chi connectivity index (χ4n) is 2.55. The number of nitrogens with zero attached hydrogens (tertiary/aromatic N) is 2. The molecule has 0 radical (unpaired) electrons. The Balaban J connectivity index is 1.61. The Morgan fingerprint density at radius 1 is 1.00 bits per heavy atom. The van der Waals surface area contributed by atoms with Gasteiger partial charge in [-0.15, -0.1) is 0 Å². The Hall–Kier alpha value is -3.11. The molecule has 3 aromatic carbocycles. The van der Waals surface area contributed by atoms with Crippen LogP contribution < -0.4 is 4.74 Å². The number of methoxy groups -OCH3 is 1. The van der Waals surface area contributed by atoms with Crippen molar-refractivity contribution in [3.05, 3.63) is 77.3 Å². The standard InChI is InChI=1S/C21H15ClN2O2/c1-25-18-9-4-15(5-10-18)21-24-19-12-17(8-11-20(19)26-21)23-13-14-2-6-16(22)7-3-14/h2-13H,1H3. The first kappa shape index (κ1) is 16.4. The zero-order valence-corrected chi connectivity index (χ0v) is 14.8. The number of hydrogen-bond donors (Lipinski definition) is 0. The average molecular weight is 363 g/mol. The topological polar surface area (TPSA) is 47.6 Å². The molecule has 0 N–H and O–H groups in total. The van der Waals surface area contributed by atoms with Crippen LogP contribution >= 0.6 is 11.6 Å². The fourth-order valence-corrected chi connectivity index (χ4v) is 2.68. The van der Waals surface area contributed by atoms with E-state index in [1.807, 2.05) is 66.7 Å². The summed E-state index contributed by atoms with van der Waals surface area (Å²) < 4.78 is 11.0. The van der Waals surface area contributed by atoms with Crippen molar-refractivity contribution in [3.8, 4) is 17.2 Å². The molecule has 0 aliphatic heterocycles. The zero-order chi connectivity index (χ0) is 17.9. The van der Waals surface area contributed by atoms with Gasteiger partial charge in [0.05, 0.1) is 12.8 Å². The summed E-state index contributed by atoms with van der Waals surface area (Å²) in [5, 5.41) is 0.706. The van der Waals surface area contributed by atoms with Gasteiger partial charge in [0, 0.05) is 16.8 Å². The summed E-state index contributed by atoms with van der Waals surface area (Å²) in [6, 6.07) is 20.8. The molecule has 1 heterocycles. The second kappa shape index (κ2) is 7.02. The van der Waals surface area contributed by atoms with Crippen molar-refractivity contribution in [2.75, 3.05) is 7.11 Å². The van der Waals surface area contributed by atoms with Gasteiger partial charge in [-0.25, -0.2) is 4.98 Å². The zero-order valence-electron chi connectivity index (χ0n) is 14.0. The van der Waals surface area contributed by atoms with E-state index in [0.717, 1.165) is 33.7 Å². The minimum Gasteiger partial charge on any atom is -0.497 e. The summed E-state index contributed by atoms with van der Waals surface area (Å²) in [4.78, 5) is 9.06. The SMILES string of the molecule is COc1ccc(-c2nc3cc(N=Cc4ccc(Cl)cc4)ccc3o2)cc1. The molecule has 0 atom stereocenters. The van der Waals surface area contributed by atoms with Crippen LogP contribution in [0.4, 0.5) is 5.69 Å². The summed E-state index contributed by atoms with van der Waals surface area (Å²) in [6.07, 6.45) is 1.79. The number of aromatic nitrogens is 1. The van der Waals surface area contributed by atoms with Crippen molar-refractivity contribution >= 4 is 34.6 Å². The first-order valence-electron chi connectivity index (χ1n) is 8.06. The van der Waals surface area contributed by atoms with Crippen molar-refractivity contribution in [1.82, 2.24) is 4.98 Å². The van der Waals surface area contributed by atoms with E-state index in [9.17, 15) is 0 Å². The Morgan fingerprint density at radius 3 is 2.50 bits per heavy atom. The van der Waals surface area contributed by atoms with E-state index >= 15 is 0 Å². The molecule has 0 unspecified atom stereocenters. The fraction of sp³-hybridized carbons (Fsp3) is 0.0476. The first-order chi connectivity index (χ1) is 12.7. The molecular formula is C21H15ClN2O2. The summed E-state index contributed by atoms with van der Waals surface area (Å²) in [6.45, 7) is 0. The molecule has 0 saturated heterocycles. The van der Waals surface area contributed by atoms with E-state index in [1.165, 1.54) is 0 Å². The van der Waals surface area contributed by atoms with Crippen LogP contribution in [0.5, 0.6) is 5.75 Å². The van der Waals surface area contributed by atoms with Gasteiger partial charge in [-0.05, 0) is 60.2 Å². The van der Waals surface area contributed by atoms with Crippen LogP contribution in [-0.4, -0.2) is 18.3 Å². The number of ether oxygens (including phenoxy) is 1. The maximum Gasteiger partial charge on any atom is 0.227 e. The summed E-state index contributed by atoms with van der Waals surface area (Å²) in [5.41, 5.74) is 4.17. The minimum atomic E-state index is 0.571. The van der Waals surface area contributed by atoms with Crippen LogP contribution in [0.3, 0.4) is 0 Å². The molecule has 26 heavy (non-hydrogen) atoms. The predicted molar refractivity (Wildman–Crippen MR) is 105 cm³/mol. The number of benzene rings is 3. The van der Waals surface area contributed by atoms with Crippen molar-refractivity contribution in [2.45, 2.75) is 0 Å². The van der Waals surface area contributed by atoms with Gasteiger partial charge < -0.3 is 9.15 Å². The predicted octanol–water partition coefficient (Wildman–Crippen LogP) is 5.91. The summed E-state index contributed by atoms with van der Waals surface area (Å²) in [7, 11) is 1.64. The van der Waals surface area contributed by atoms with Crippen LogP contribution in [0.2, 0.25) is 5.02 Å². The van der Waals surface area contributed by atoms with Crippen LogP contribution in [0, 0.1) is 0 Å². The van der Waals surface area contributed by atoms with Crippen molar-refractivity contribution in [2.24, 2.45) is 4.99 Å². The normalized spacial score (nSPS) is 11.3. The van der Waals surface area contributed by atoms with E-state index in [2.05, 4.69) is 9.98 Å². The molecule has 4 rings (SSSR count). The molecule has 4 nitrogen and oxygen atoms in total. The third-order valence-electron chi connectivity index (χ3n) is 3.94. The van der Waals surface area contributed by atoms with Crippen LogP contribution in [-0.2, 0) is 0 Å². The lowest BCUT2D eigenvalue weighted by atomic mass is 10.2. The van der Waals surface area contributed by atoms with Crippen LogP contribution in [0.15, 0.2) is 76.1 Å².